The summed E-state index contributed by atoms with van der Waals surface area (Å²) < 4.78 is 5.41. The molecule has 0 radical (unpaired) electrons. The summed E-state index contributed by atoms with van der Waals surface area (Å²) in [6.45, 7) is 4.33. The van der Waals surface area contributed by atoms with Crippen LogP contribution in [0.1, 0.15) is 24.0 Å². The van der Waals surface area contributed by atoms with E-state index in [0.29, 0.717) is 5.56 Å². The summed E-state index contributed by atoms with van der Waals surface area (Å²) in [5.41, 5.74) is 1.78. The van der Waals surface area contributed by atoms with Crippen LogP contribution in [0.3, 0.4) is 0 Å². The highest BCUT2D eigenvalue weighted by Gasteiger charge is 2.18. The fraction of sp³-hybridized carbons (Fsp3) is 0.588. The second kappa shape index (κ2) is 7.44. The molecule has 0 bridgehead atoms. The number of piperidine rings is 1. The van der Waals surface area contributed by atoms with Crippen LogP contribution >= 0.6 is 0 Å². The zero-order chi connectivity index (χ0) is 15.2. The first kappa shape index (κ1) is 15.8. The standard InChI is InChI=1S/C17H25N3O/c1-19-8-6-14(7-9-19)12-20(2)13-16-10-15(11-18)4-5-17(16)21-3/h4-5,10,14H,6-9,12-13H2,1-3H3. The van der Waals surface area contributed by atoms with Crippen LogP contribution in [0.25, 0.3) is 0 Å². The molecule has 4 nitrogen and oxygen atoms in total. The summed E-state index contributed by atoms with van der Waals surface area (Å²) >= 11 is 0. The molecular weight excluding hydrogens is 262 g/mol. The minimum absolute atomic E-state index is 0.693. The number of nitrogens with zero attached hydrogens (tertiary/aromatic N) is 3. The van der Waals surface area contributed by atoms with Crippen LogP contribution in [-0.4, -0.2) is 50.6 Å². The van der Waals surface area contributed by atoms with Crippen LogP contribution in [0.15, 0.2) is 18.2 Å². The summed E-state index contributed by atoms with van der Waals surface area (Å²) in [6.07, 6.45) is 2.55. The predicted octanol–water partition coefficient (Wildman–Crippen LogP) is 2.34. The van der Waals surface area contributed by atoms with Crippen molar-refractivity contribution in [1.82, 2.24) is 9.80 Å². The van der Waals surface area contributed by atoms with Gasteiger partial charge in [0.25, 0.3) is 0 Å². The van der Waals surface area contributed by atoms with Crippen molar-refractivity contribution in [1.29, 1.82) is 5.26 Å². The van der Waals surface area contributed by atoms with Crippen molar-refractivity contribution in [2.24, 2.45) is 5.92 Å². The summed E-state index contributed by atoms with van der Waals surface area (Å²) in [6, 6.07) is 7.82. The van der Waals surface area contributed by atoms with Gasteiger partial charge in [-0.05, 0) is 64.1 Å². The lowest BCUT2D eigenvalue weighted by Crippen LogP contribution is -2.35. The number of likely N-dealkylation sites (tertiary alicyclic amines) is 1. The first-order chi connectivity index (χ1) is 10.1. The van der Waals surface area contributed by atoms with Crippen LogP contribution in [0.5, 0.6) is 5.75 Å². The van der Waals surface area contributed by atoms with Gasteiger partial charge in [-0.15, -0.1) is 0 Å². The summed E-state index contributed by atoms with van der Waals surface area (Å²) in [7, 11) is 6.02. The molecule has 0 aliphatic carbocycles. The normalized spacial score (nSPS) is 16.9. The minimum atomic E-state index is 0.693. The van der Waals surface area contributed by atoms with Crippen LogP contribution in [-0.2, 0) is 6.54 Å². The third-order valence-corrected chi connectivity index (χ3v) is 4.26. The SMILES string of the molecule is COc1ccc(C#N)cc1CN(C)CC1CCN(C)CC1. The summed E-state index contributed by atoms with van der Waals surface area (Å²) in [5.74, 6) is 1.64. The van der Waals surface area contributed by atoms with E-state index in [1.807, 2.05) is 12.1 Å². The lowest BCUT2D eigenvalue weighted by atomic mass is 9.96. The van der Waals surface area contributed by atoms with E-state index in [1.54, 1.807) is 13.2 Å². The molecule has 1 aromatic carbocycles. The maximum absolute atomic E-state index is 9.04. The van der Waals surface area contributed by atoms with Gasteiger partial charge in [-0.25, -0.2) is 0 Å². The Labute approximate surface area is 127 Å². The van der Waals surface area contributed by atoms with Crippen LogP contribution in [0, 0.1) is 17.2 Å². The quantitative estimate of drug-likeness (QED) is 0.833. The Morgan fingerprint density at radius 3 is 2.71 bits per heavy atom. The van der Waals surface area contributed by atoms with E-state index < -0.39 is 0 Å². The van der Waals surface area contributed by atoms with Crippen LogP contribution in [0.2, 0.25) is 0 Å². The first-order valence-electron chi connectivity index (χ1n) is 7.56. The van der Waals surface area contributed by atoms with Crippen LogP contribution in [0.4, 0.5) is 0 Å². The molecule has 0 N–H and O–H groups in total. The lowest BCUT2D eigenvalue weighted by Gasteiger charge is -2.31. The Morgan fingerprint density at radius 1 is 1.38 bits per heavy atom. The van der Waals surface area contributed by atoms with Gasteiger partial charge >= 0.3 is 0 Å². The molecule has 0 spiro atoms. The smallest absolute Gasteiger partial charge is 0.123 e. The first-order valence-corrected chi connectivity index (χ1v) is 7.56. The third kappa shape index (κ3) is 4.45. The molecule has 0 atom stereocenters. The highest BCUT2D eigenvalue weighted by Crippen LogP contribution is 2.23. The summed E-state index contributed by atoms with van der Waals surface area (Å²) in [5, 5.41) is 9.04. The average Bonchev–Trinajstić information content (AvgIpc) is 2.49. The molecule has 114 valence electrons. The molecule has 1 fully saturated rings. The topological polar surface area (TPSA) is 39.5 Å². The highest BCUT2D eigenvalue weighted by molar-refractivity contribution is 5.42. The molecule has 2 rings (SSSR count). The monoisotopic (exact) mass is 287 g/mol. The van der Waals surface area contributed by atoms with Gasteiger partial charge in [0.2, 0.25) is 0 Å². The maximum Gasteiger partial charge on any atom is 0.123 e. The van der Waals surface area contributed by atoms with Crippen molar-refractivity contribution in [3.05, 3.63) is 29.3 Å². The van der Waals surface area contributed by atoms with Gasteiger partial charge in [-0.3, -0.25) is 0 Å². The molecule has 0 unspecified atom stereocenters. The second-order valence-corrected chi connectivity index (χ2v) is 6.08. The number of ether oxygens (including phenoxy) is 1. The highest BCUT2D eigenvalue weighted by atomic mass is 16.5. The molecule has 1 aliphatic rings. The van der Waals surface area contributed by atoms with E-state index in [-0.39, 0.29) is 0 Å². The van der Waals surface area contributed by atoms with Gasteiger partial charge in [-0.2, -0.15) is 5.26 Å². The number of hydrogen-bond acceptors (Lipinski definition) is 4. The number of benzene rings is 1. The Morgan fingerprint density at radius 2 is 2.10 bits per heavy atom. The van der Waals surface area contributed by atoms with E-state index >= 15 is 0 Å². The van der Waals surface area contributed by atoms with Crippen molar-refractivity contribution >= 4 is 0 Å². The van der Waals surface area contributed by atoms with Gasteiger partial charge in [0, 0.05) is 18.7 Å². The van der Waals surface area contributed by atoms with E-state index in [1.165, 1.54) is 25.9 Å². The number of methoxy groups -OCH3 is 1. The Kier molecular flexibility index (Phi) is 5.60. The van der Waals surface area contributed by atoms with Crippen molar-refractivity contribution in [2.45, 2.75) is 19.4 Å². The third-order valence-electron chi connectivity index (χ3n) is 4.26. The Hall–Kier alpha value is -1.57. The van der Waals surface area contributed by atoms with E-state index in [2.05, 4.69) is 30.0 Å². The molecule has 1 aliphatic heterocycles. The van der Waals surface area contributed by atoms with E-state index in [9.17, 15) is 0 Å². The molecule has 0 aromatic heterocycles. The molecule has 0 amide bonds. The molecule has 4 heteroatoms. The van der Waals surface area contributed by atoms with Gasteiger partial charge in [0.15, 0.2) is 0 Å². The zero-order valence-corrected chi connectivity index (χ0v) is 13.3. The fourth-order valence-electron chi connectivity index (χ4n) is 3.01. The minimum Gasteiger partial charge on any atom is -0.496 e. The number of nitriles is 1. The fourth-order valence-corrected chi connectivity index (χ4v) is 3.01. The van der Waals surface area contributed by atoms with Crippen LogP contribution < -0.4 is 4.74 Å². The molecular formula is C17H25N3O. The van der Waals surface area contributed by atoms with Gasteiger partial charge < -0.3 is 14.5 Å². The van der Waals surface area contributed by atoms with Crippen molar-refractivity contribution < 1.29 is 4.74 Å². The predicted molar refractivity (Wildman–Crippen MR) is 84.3 cm³/mol. The van der Waals surface area contributed by atoms with Gasteiger partial charge in [0.05, 0.1) is 18.7 Å². The molecule has 1 heterocycles. The van der Waals surface area contributed by atoms with Gasteiger partial charge in [-0.1, -0.05) is 0 Å². The van der Waals surface area contributed by atoms with E-state index in [0.717, 1.165) is 30.3 Å². The van der Waals surface area contributed by atoms with E-state index in [4.69, 9.17) is 10.00 Å². The average molecular weight is 287 g/mol. The molecule has 1 saturated heterocycles. The number of rotatable bonds is 5. The maximum atomic E-state index is 9.04. The molecule has 0 saturated carbocycles. The number of hydrogen-bond donors (Lipinski definition) is 0. The largest absolute Gasteiger partial charge is 0.496 e. The zero-order valence-electron chi connectivity index (χ0n) is 13.3. The Balaban J connectivity index is 1.95. The van der Waals surface area contributed by atoms with Crippen molar-refractivity contribution in [3.63, 3.8) is 0 Å². The van der Waals surface area contributed by atoms with Gasteiger partial charge in [0.1, 0.15) is 5.75 Å². The molecule has 1 aromatic rings. The van der Waals surface area contributed by atoms with Crippen molar-refractivity contribution in [2.75, 3.05) is 40.8 Å². The Bertz CT molecular complexity index is 501. The second-order valence-electron chi connectivity index (χ2n) is 6.08. The van der Waals surface area contributed by atoms with Crippen molar-refractivity contribution in [3.8, 4) is 11.8 Å². The molecule has 21 heavy (non-hydrogen) atoms. The summed E-state index contributed by atoms with van der Waals surface area (Å²) in [4.78, 5) is 4.74. The lowest BCUT2D eigenvalue weighted by molar-refractivity contribution is 0.172.